The standard InChI is InChI=1S/C22H12F5NO3/c23-14-8-7-13(10-15(14)24)28-16-5-2-6-17(29)19(16)18(20(28)22(25,26)27)11-3-1-4-12(9-11)21(30)31/h1-10,29H,(H,30,31). The fraction of sp³-hybridized carbons (Fsp3) is 0.0455. The average Bonchev–Trinajstić information content (AvgIpc) is 3.07. The Bertz CT molecular complexity index is 1340. The molecule has 0 amide bonds. The third kappa shape index (κ3) is 3.37. The van der Waals surface area contributed by atoms with E-state index in [1.165, 1.54) is 36.4 Å². The third-order valence-corrected chi connectivity index (χ3v) is 4.80. The minimum atomic E-state index is -5.00. The first-order valence-electron chi connectivity index (χ1n) is 8.82. The quantitative estimate of drug-likeness (QED) is 0.390. The van der Waals surface area contributed by atoms with Crippen LogP contribution in [0.4, 0.5) is 22.0 Å². The molecule has 1 aromatic heterocycles. The molecular weight excluding hydrogens is 421 g/mol. The normalized spacial score (nSPS) is 11.8. The number of hydrogen-bond acceptors (Lipinski definition) is 2. The Kier molecular flexibility index (Phi) is 4.68. The van der Waals surface area contributed by atoms with Crippen molar-refractivity contribution in [1.82, 2.24) is 4.57 Å². The number of fused-ring (bicyclic) bond motifs is 1. The summed E-state index contributed by atoms with van der Waals surface area (Å²) in [6, 6.07) is 10.9. The van der Waals surface area contributed by atoms with Gasteiger partial charge in [0.25, 0.3) is 0 Å². The Labute approximate surface area is 171 Å². The lowest BCUT2D eigenvalue weighted by molar-refractivity contribution is -0.141. The highest BCUT2D eigenvalue weighted by Gasteiger charge is 2.41. The zero-order valence-electron chi connectivity index (χ0n) is 15.4. The average molecular weight is 433 g/mol. The van der Waals surface area contributed by atoms with E-state index in [1.54, 1.807) is 0 Å². The molecule has 0 radical (unpaired) electrons. The van der Waals surface area contributed by atoms with Gasteiger partial charge in [0.2, 0.25) is 0 Å². The van der Waals surface area contributed by atoms with Gasteiger partial charge >= 0.3 is 12.1 Å². The number of carboxylic acids is 1. The van der Waals surface area contributed by atoms with E-state index in [2.05, 4.69) is 0 Å². The van der Waals surface area contributed by atoms with Crippen LogP contribution in [0.15, 0.2) is 60.7 Å². The Morgan fingerprint density at radius 3 is 2.26 bits per heavy atom. The first-order valence-corrected chi connectivity index (χ1v) is 8.82. The molecule has 1 heterocycles. The second kappa shape index (κ2) is 7.12. The Hall–Kier alpha value is -3.88. The van der Waals surface area contributed by atoms with Gasteiger partial charge in [-0.3, -0.25) is 0 Å². The van der Waals surface area contributed by atoms with Gasteiger partial charge in [-0.15, -0.1) is 0 Å². The van der Waals surface area contributed by atoms with Crippen molar-refractivity contribution in [3.8, 4) is 22.6 Å². The molecule has 0 saturated carbocycles. The summed E-state index contributed by atoms with van der Waals surface area (Å²) in [5.41, 5.74) is -2.54. The molecule has 4 aromatic rings. The molecule has 4 rings (SSSR count). The van der Waals surface area contributed by atoms with Gasteiger partial charge < -0.3 is 14.8 Å². The summed E-state index contributed by atoms with van der Waals surface area (Å²) >= 11 is 0. The van der Waals surface area contributed by atoms with Crippen LogP contribution < -0.4 is 0 Å². The number of aromatic hydroxyl groups is 1. The molecule has 158 valence electrons. The second-order valence-corrected chi connectivity index (χ2v) is 6.71. The molecule has 0 spiro atoms. The van der Waals surface area contributed by atoms with Gasteiger partial charge in [0, 0.05) is 17.3 Å². The molecule has 0 aliphatic rings. The van der Waals surface area contributed by atoms with Crippen molar-refractivity contribution in [2.45, 2.75) is 6.18 Å². The number of carbonyl (C=O) groups is 1. The number of carboxylic acid groups (broad SMARTS) is 1. The number of phenols is 1. The van der Waals surface area contributed by atoms with Gasteiger partial charge in [0.05, 0.1) is 16.5 Å². The van der Waals surface area contributed by atoms with Gasteiger partial charge in [-0.05, 0) is 42.0 Å². The molecule has 4 nitrogen and oxygen atoms in total. The molecule has 0 aliphatic heterocycles. The predicted molar refractivity (Wildman–Crippen MR) is 102 cm³/mol. The van der Waals surface area contributed by atoms with Crippen LogP contribution in [0.1, 0.15) is 16.1 Å². The lowest BCUT2D eigenvalue weighted by atomic mass is 9.99. The minimum absolute atomic E-state index is 0.111. The zero-order valence-corrected chi connectivity index (χ0v) is 15.4. The second-order valence-electron chi connectivity index (χ2n) is 6.71. The highest BCUT2D eigenvalue weighted by molar-refractivity contribution is 6.04. The van der Waals surface area contributed by atoms with Gasteiger partial charge in [-0.2, -0.15) is 13.2 Å². The Morgan fingerprint density at radius 1 is 0.903 bits per heavy atom. The fourth-order valence-electron chi connectivity index (χ4n) is 3.57. The van der Waals surface area contributed by atoms with Crippen LogP contribution in [-0.2, 0) is 6.18 Å². The molecule has 0 unspecified atom stereocenters. The lowest BCUT2D eigenvalue weighted by Crippen LogP contribution is -2.14. The monoisotopic (exact) mass is 433 g/mol. The molecule has 0 bridgehead atoms. The van der Waals surface area contributed by atoms with E-state index in [4.69, 9.17) is 0 Å². The number of aromatic nitrogens is 1. The minimum Gasteiger partial charge on any atom is -0.507 e. The first kappa shape index (κ1) is 20.4. The number of nitrogens with zero attached hydrogens (tertiary/aromatic N) is 1. The Balaban J connectivity index is 2.20. The van der Waals surface area contributed by atoms with Crippen molar-refractivity contribution >= 4 is 16.9 Å². The van der Waals surface area contributed by atoms with Gasteiger partial charge in [-0.25, -0.2) is 13.6 Å². The van der Waals surface area contributed by atoms with E-state index in [1.807, 2.05) is 0 Å². The number of benzene rings is 3. The lowest BCUT2D eigenvalue weighted by Gasteiger charge is -2.15. The van der Waals surface area contributed by atoms with Crippen LogP contribution in [0.3, 0.4) is 0 Å². The highest BCUT2D eigenvalue weighted by Crippen LogP contribution is 2.47. The first-order chi connectivity index (χ1) is 14.6. The van der Waals surface area contributed by atoms with Crippen molar-refractivity contribution in [3.63, 3.8) is 0 Å². The molecule has 9 heteroatoms. The topological polar surface area (TPSA) is 62.5 Å². The van der Waals surface area contributed by atoms with E-state index < -0.39 is 40.8 Å². The number of hydrogen-bond donors (Lipinski definition) is 2. The van der Waals surface area contributed by atoms with E-state index in [-0.39, 0.29) is 27.7 Å². The zero-order chi connectivity index (χ0) is 22.5. The van der Waals surface area contributed by atoms with E-state index in [0.29, 0.717) is 16.7 Å². The fourth-order valence-corrected chi connectivity index (χ4v) is 3.57. The molecule has 0 fully saturated rings. The van der Waals surface area contributed by atoms with Gasteiger partial charge in [-0.1, -0.05) is 18.2 Å². The number of alkyl halides is 3. The van der Waals surface area contributed by atoms with Crippen LogP contribution in [0.2, 0.25) is 0 Å². The number of aromatic carboxylic acids is 1. The highest BCUT2D eigenvalue weighted by atomic mass is 19.4. The van der Waals surface area contributed by atoms with Crippen molar-refractivity contribution in [2.75, 3.05) is 0 Å². The summed E-state index contributed by atoms with van der Waals surface area (Å²) in [4.78, 5) is 11.3. The molecule has 0 aliphatic carbocycles. The maximum absolute atomic E-state index is 14.3. The van der Waals surface area contributed by atoms with E-state index in [9.17, 15) is 37.0 Å². The van der Waals surface area contributed by atoms with Crippen molar-refractivity contribution in [1.29, 1.82) is 0 Å². The predicted octanol–water partition coefficient (Wildman–Crippen LogP) is 6.00. The maximum atomic E-state index is 14.3. The summed E-state index contributed by atoms with van der Waals surface area (Å²) in [5.74, 6) is -4.41. The van der Waals surface area contributed by atoms with E-state index in [0.717, 1.165) is 12.1 Å². The van der Waals surface area contributed by atoms with Crippen LogP contribution in [0, 0.1) is 11.6 Å². The van der Waals surface area contributed by atoms with Crippen molar-refractivity contribution in [3.05, 3.63) is 83.6 Å². The summed E-state index contributed by atoms with van der Waals surface area (Å²) in [6.07, 6.45) is -5.00. The van der Waals surface area contributed by atoms with Crippen LogP contribution in [0.25, 0.3) is 27.7 Å². The van der Waals surface area contributed by atoms with Crippen molar-refractivity contribution < 1.29 is 37.0 Å². The van der Waals surface area contributed by atoms with Crippen LogP contribution in [-0.4, -0.2) is 20.7 Å². The van der Waals surface area contributed by atoms with Crippen molar-refractivity contribution in [2.24, 2.45) is 0 Å². The number of rotatable bonds is 3. The summed E-state index contributed by atoms with van der Waals surface area (Å²) in [5, 5.41) is 19.4. The summed E-state index contributed by atoms with van der Waals surface area (Å²) in [6.45, 7) is 0. The largest absolute Gasteiger partial charge is 0.507 e. The molecular formula is C22H12F5NO3. The molecule has 31 heavy (non-hydrogen) atoms. The summed E-state index contributed by atoms with van der Waals surface area (Å²) < 4.78 is 70.8. The third-order valence-electron chi connectivity index (χ3n) is 4.80. The SMILES string of the molecule is O=C(O)c1cccc(-c2c(C(F)(F)F)n(-c3ccc(F)c(F)c3)c3cccc(O)c23)c1. The smallest absolute Gasteiger partial charge is 0.432 e. The number of phenolic OH excluding ortho intramolecular Hbond substituents is 1. The molecule has 2 N–H and O–H groups in total. The molecule has 3 aromatic carbocycles. The number of halogens is 5. The van der Waals surface area contributed by atoms with E-state index >= 15 is 0 Å². The van der Waals surface area contributed by atoms with Crippen LogP contribution >= 0.6 is 0 Å². The Morgan fingerprint density at radius 2 is 1.61 bits per heavy atom. The van der Waals surface area contributed by atoms with Gasteiger partial charge in [0.1, 0.15) is 11.4 Å². The maximum Gasteiger partial charge on any atom is 0.432 e. The molecule has 0 atom stereocenters. The molecule has 0 saturated heterocycles. The summed E-state index contributed by atoms with van der Waals surface area (Å²) in [7, 11) is 0. The van der Waals surface area contributed by atoms with Crippen LogP contribution in [0.5, 0.6) is 5.75 Å². The van der Waals surface area contributed by atoms with Gasteiger partial charge in [0.15, 0.2) is 11.6 Å².